The van der Waals surface area contributed by atoms with Gasteiger partial charge in [0.25, 0.3) is 11.8 Å². The van der Waals surface area contributed by atoms with Crippen molar-refractivity contribution in [3.8, 4) is 17.2 Å². The molecule has 2 N–H and O–H groups in total. The molecule has 1 amide bonds. The fourth-order valence-electron chi connectivity index (χ4n) is 2.89. The monoisotopic (exact) mass is 354 g/mol. The highest BCUT2D eigenvalue weighted by Gasteiger charge is 2.21. The van der Waals surface area contributed by atoms with Crippen LogP contribution in [0.15, 0.2) is 42.6 Å². The number of benzene rings is 2. The lowest BCUT2D eigenvalue weighted by molar-refractivity contribution is 0.0964. The fourth-order valence-corrected chi connectivity index (χ4v) is 2.89. The number of fused-ring (bicyclic) bond motifs is 1. The second-order valence-corrected chi connectivity index (χ2v) is 5.51. The maximum atomic E-state index is 13.1. The predicted molar refractivity (Wildman–Crippen MR) is 96.3 cm³/mol. The van der Waals surface area contributed by atoms with Crippen LogP contribution in [0.5, 0.6) is 17.2 Å². The summed E-state index contributed by atoms with van der Waals surface area (Å²) in [6.07, 6.45) is 1.44. The molecular formula is C19H18N2O5. The second-order valence-electron chi connectivity index (χ2n) is 5.51. The molecule has 0 unspecified atom stereocenters. The largest absolute Gasteiger partial charge is 0.493 e. The molecule has 7 nitrogen and oxygen atoms in total. The molecule has 0 radical (unpaired) electrons. The van der Waals surface area contributed by atoms with Crippen LogP contribution in [0.25, 0.3) is 10.9 Å². The van der Waals surface area contributed by atoms with Crippen LogP contribution < -0.4 is 19.9 Å². The third-order valence-corrected chi connectivity index (χ3v) is 4.11. The Bertz CT molecular complexity index is 981. The van der Waals surface area contributed by atoms with Gasteiger partial charge in [-0.2, -0.15) is 0 Å². The fraction of sp³-hybridized carbons (Fsp3) is 0.158. The molecule has 0 saturated carbocycles. The predicted octanol–water partition coefficient (Wildman–Crippen LogP) is 2.45. The molecule has 1 heterocycles. The summed E-state index contributed by atoms with van der Waals surface area (Å²) in [6.45, 7) is 0. The standard InChI is InChI=1S/C19H18N2O5/c1-24-15-8-11(9-16(25-2)17(15)26-3)19(23)21-10-13(18(20)22)12-6-4-5-7-14(12)21/h4-10H,1-3H3,(H2,20,22). The number of hydrogen-bond acceptors (Lipinski definition) is 5. The van der Waals surface area contributed by atoms with Crippen molar-refractivity contribution in [2.75, 3.05) is 21.3 Å². The zero-order valence-electron chi connectivity index (χ0n) is 14.6. The molecule has 0 fully saturated rings. The van der Waals surface area contributed by atoms with Gasteiger partial charge >= 0.3 is 0 Å². The molecule has 3 aromatic rings. The SMILES string of the molecule is COc1cc(C(=O)n2cc(C(N)=O)c3ccccc32)cc(OC)c1OC. The number of carbonyl (C=O) groups is 2. The smallest absolute Gasteiger partial charge is 0.262 e. The third kappa shape index (κ3) is 2.73. The van der Waals surface area contributed by atoms with Crippen molar-refractivity contribution in [2.45, 2.75) is 0 Å². The first-order valence-corrected chi connectivity index (χ1v) is 7.76. The molecule has 0 saturated heterocycles. The molecule has 3 rings (SSSR count). The number of amides is 1. The Labute approximate surface area is 149 Å². The summed E-state index contributed by atoms with van der Waals surface area (Å²) in [5, 5.41) is 0.612. The maximum absolute atomic E-state index is 13.1. The van der Waals surface area contributed by atoms with E-state index in [1.807, 2.05) is 0 Å². The molecule has 0 spiro atoms. The summed E-state index contributed by atoms with van der Waals surface area (Å²) in [5.41, 5.74) is 6.62. The average Bonchev–Trinajstić information content (AvgIpc) is 3.06. The van der Waals surface area contributed by atoms with Crippen LogP contribution in [-0.4, -0.2) is 37.7 Å². The number of aromatic nitrogens is 1. The van der Waals surface area contributed by atoms with E-state index in [9.17, 15) is 9.59 Å². The van der Waals surface area contributed by atoms with E-state index in [2.05, 4.69) is 0 Å². The van der Waals surface area contributed by atoms with Crippen molar-refractivity contribution in [1.82, 2.24) is 4.57 Å². The Balaban J connectivity index is 2.19. The van der Waals surface area contributed by atoms with Crippen molar-refractivity contribution in [3.05, 3.63) is 53.7 Å². The zero-order valence-corrected chi connectivity index (χ0v) is 14.6. The number of nitrogens with zero attached hydrogens (tertiary/aromatic N) is 1. The van der Waals surface area contributed by atoms with Gasteiger partial charge in [-0.15, -0.1) is 0 Å². The van der Waals surface area contributed by atoms with Crippen molar-refractivity contribution >= 4 is 22.7 Å². The Hall–Kier alpha value is -3.48. The summed E-state index contributed by atoms with van der Waals surface area (Å²) in [5.74, 6) is 0.163. The van der Waals surface area contributed by atoms with Crippen molar-refractivity contribution in [2.24, 2.45) is 5.73 Å². The first-order chi connectivity index (χ1) is 12.5. The minimum Gasteiger partial charge on any atom is -0.493 e. The molecule has 7 heteroatoms. The summed E-state index contributed by atoms with van der Waals surface area (Å²) in [6, 6.07) is 10.2. The van der Waals surface area contributed by atoms with Crippen LogP contribution in [0.2, 0.25) is 0 Å². The van der Waals surface area contributed by atoms with E-state index in [4.69, 9.17) is 19.9 Å². The number of rotatable bonds is 5. The number of hydrogen-bond donors (Lipinski definition) is 1. The summed E-state index contributed by atoms with van der Waals surface area (Å²) < 4.78 is 17.3. The first-order valence-electron chi connectivity index (χ1n) is 7.76. The Morgan fingerprint density at radius 1 is 0.962 bits per heavy atom. The average molecular weight is 354 g/mol. The van der Waals surface area contributed by atoms with Gasteiger partial charge in [0.1, 0.15) is 0 Å². The molecule has 134 valence electrons. The van der Waals surface area contributed by atoms with E-state index in [1.54, 1.807) is 36.4 Å². The molecule has 0 aliphatic rings. The Morgan fingerprint density at radius 2 is 1.58 bits per heavy atom. The lowest BCUT2D eigenvalue weighted by atomic mass is 10.1. The van der Waals surface area contributed by atoms with Gasteiger partial charge in [0.2, 0.25) is 5.75 Å². The van der Waals surface area contributed by atoms with E-state index < -0.39 is 5.91 Å². The summed E-state index contributed by atoms with van der Waals surface area (Å²) in [4.78, 5) is 24.8. The zero-order chi connectivity index (χ0) is 18.8. The molecule has 0 aliphatic carbocycles. The lowest BCUT2D eigenvalue weighted by Gasteiger charge is -2.14. The van der Waals surface area contributed by atoms with Crippen molar-refractivity contribution < 1.29 is 23.8 Å². The summed E-state index contributed by atoms with van der Waals surface area (Å²) in [7, 11) is 4.43. The molecule has 2 aromatic carbocycles. The molecular weight excluding hydrogens is 336 g/mol. The second kappa shape index (κ2) is 6.79. The Kier molecular flexibility index (Phi) is 4.53. The minimum absolute atomic E-state index is 0.279. The van der Waals surface area contributed by atoms with E-state index in [1.165, 1.54) is 32.1 Å². The molecule has 0 aliphatic heterocycles. The highest BCUT2D eigenvalue weighted by Crippen LogP contribution is 2.38. The van der Waals surface area contributed by atoms with E-state index >= 15 is 0 Å². The van der Waals surface area contributed by atoms with Crippen LogP contribution in [0, 0.1) is 0 Å². The number of methoxy groups -OCH3 is 3. The van der Waals surface area contributed by atoms with Crippen LogP contribution in [0.3, 0.4) is 0 Å². The maximum Gasteiger partial charge on any atom is 0.262 e. The normalized spacial score (nSPS) is 10.6. The third-order valence-electron chi connectivity index (χ3n) is 4.11. The van der Waals surface area contributed by atoms with Crippen molar-refractivity contribution in [1.29, 1.82) is 0 Å². The van der Waals surface area contributed by atoms with Gasteiger partial charge in [-0.1, -0.05) is 18.2 Å². The number of ether oxygens (including phenoxy) is 3. The van der Waals surface area contributed by atoms with Crippen LogP contribution in [0.1, 0.15) is 20.7 Å². The van der Waals surface area contributed by atoms with Crippen LogP contribution >= 0.6 is 0 Å². The van der Waals surface area contributed by atoms with E-state index in [-0.39, 0.29) is 11.5 Å². The topological polar surface area (TPSA) is 92.8 Å². The highest BCUT2D eigenvalue weighted by atomic mass is 16.5. The van der Waals surface area contributed by atoms with Gasteiger partial charge in [0.15, 0.2) is 11.5 Å². The highest BCUT2D eigenvalue weighted by molar-refractivity contribution is 6.11. The number of carbonyl (C=O) groups excluding carboxylic acids is 2. The molecule has 0 bridgehead atoms. The quantitative estimate of drug-likeness (QED) is 0.760. The van der Waals surface area contributed by atoms with Gasteiger partial charge in [-0.05, 0) is 18.2 Å². The number of nitrogens with two attached hydrogens (primary N) is 1. The molecule has 0 atom stereocenters. The number of para-hydroxylation sites is 1. The molecule has 1 aromatic heterocycles. The van der Waals surface area contributed by atoms with Gasteiger partial charge in [0.05, 0.1) is 32.4 Å². The summed E-state index contributed by atoms with van der Waals surface area (Å²) >= 11 is 0. The van der Waals surface area contributed by atoms with Crippen molar-refractivity contribution in [3.63, 3.8) is 0 Å². The van der Waals surface area contributed by atoms with Gasteiger partial charge in [-0.3, -0.25) is 14.2 Å². The van der Waals surface area contributed by atoms with Gasteiger partial charge < -0.3 is 19.9 Å². The van der Waals surface area contributed by atoms with E-state index in [0.29, 0.717) is 33.7 Å². The van der Waals surface area contributed by atoms with Crippen LogP contribution in [-0.2, 0) is 0 Å². The molecule has 26 heavy (non-hydrogen) atoms. The minimum atomic E-state index is -0.599. The Morgan fingerprint density at radius 3 is 2.12 bits per heavy atom. The lowest BCUT2D eigenvalue weighted by Crippen LogP contribution is -2.13. The van der Waals surface area contributed by atoms with Crippen LogP contribution in [0.4, 0.5) is 0 Å². The van der Waals surface area contributed by atoms with Gasteiger partial charge in [0, 0.05) is 17.1 Å². The first kappa shape index (κ1) is 17.3. The number of primary amides is 1. The van der Waals surface area contributed by atoms with E-state index in [0.717, 1.165) is 0 Å². The van der Waals surface area contributed by atoms with Gasteiger partial charge in [-0.25, -0.2) is 0 Å².